The number of thiazole rings is 1. The van der Waals surface area contributed by atoms with Crippen molar-refractivity contribution < 1.29 is 5.11 Å². The third-order valence-corrected chi connectivity index (χ3v) is 4.05. The quantitative estimate of drug-likeness (QED) is 0.905. The van der Waals surface area contributed by atoms with Gasteiger partial charge in [0.1, 0.15) is 10.7 Å². The van der Waals surface area contributed by atoms with Crippen molar-refractivity contribution in [3.05, 3.63) is 43.5 Å². The molecule has 0 saturated carbocycles. The molecule has 78 valence electrons. The highest BCUT2D eigenvalue weighted by atomic mass is 79.9. The van der Waals surface area contributed by atoms with Crippen LogP contribution < -0.4 is 0 Å². The van der Waals surface area contributed by atoms with Crippen LogP contribution >= 0.6 is 43.2 Å². The van der Waals surface area contributed by atoms with Gasteiger partial charge in [-0.1, -0.05) is 0 Å². The number of aromatic nitrogens is 2. The summed E-state index contributed by atoms with van der Waals surface area (Å²) >= 11 is 8.01. The van der Waals surface area contributed by atoms with E-state index in [9.17, 15) is 5.11 Å². The molecule has 2 heterocycles. The largest absolute Gasteiger partial charge is 0.383 e. The number of hydrogen-bond donors (Lipinski definition) is 1. The van der Waals surface area contributed by atoms with E-state index in [-0.39, 0.29) is 0 Å². The van der Waals surface area contributed by atoms with Crippen LogP contribution in [0.3, 0.4) is 0 Å². The van der Waals surface area contributed by atoms with Gasteiger partial charge in [-0.25, -0.2) is 4.98 Å². The molecule has 1 N–H and O–H groups in total. The van der Waals surface area contributed by atoms with Crippen molar-refractivity contribution in [2.45, 2.75) is 6.10 Å². The third-order valence-electron chi connectivity index (χ3n) is 1.84. The van der Waals surface area contributed by atoms with Crippen molar-refractivity contribution in [2.75, 3.05) is 0 Å². The minimum atomic E-state index is -0.683. The molecule has 0 fully saturated rings. The van der Waals surface area contributed by atoms with Gasteiger partial charge in [-0.3, -0.25) is 4.98 Å². The van der Waals surface area contributed by atoms with Crippen LogP contribution in [0.1, 0.15) is 16.5 Å². The Kier molecular flexibility index (Phi) is 3.50. The molecule has 0 spiro atoms. The average molecular weight is 350 g/mol. The van der Waals surface area contributed by atoms with Gasteiger partial charge in [-0.2, -0.15) is 0 Å². The van der Waals surface area contributed by atoms with Gasteiger partial charge in [0, 0.05) is 22.4 Å². The summed E-state index contributed by atoms with van der Waals surface area (Å²) in [6.45, 7) is 0. The standard InChI is InChI=1S/C9H6Br2N2OS/c10-6-1-5(2-12-3-6)7(14)8-9(11)13-4-15-8/h1-4,7,14H. The Balaban J connectivity index is 2.36. The molecule has 3 nitrogen and oxygen atoms in total. The Hall–Kier alpha value is -0.300. The first-order valence-electron chi connectivity index (χ1n) is 4.06. The molecule has 2 aromatic heterocycles. The van der Waals surface area contributed by atoms with Crippen molar-refractivity contribution >= 4 is 43.2 Å². The highest BCUT2D eigenvalue weighted by Gasteiger charge is 2.16. The van der Waals surface area contributed by atoms with E-state index < -0.39 is 6.10 Å². The minimum Gasteiger partial charge on any atom is -0.383 e. The van der Waals surface area contributed by atoms with Gasteiger partial charge >= 0.3 is 0 Å². The number of nitrogens with zero attached hydrogens (tertiary/aromatic N) is 2. The number of aliphatic hydroxyl groups excluding tert-OH is 1. The molecule has 2 aromatic rings. The normalized spacial score (nSPS) is 12.7. The van der Waals surface area contributed by atoms with E-state index in [1.807, 2.05) is 6.07 Å². The van der Waals surface area contributed by atoms with E-state index in [2.05, 4.69) is 41.8 Å². The Bertz CT molecular complexity index is 475. The van der Waals surface area contributed by atoms with Crippen molar-refractivity contribution in [3.63, 3.8) is 0 Å². The first-order chi connectivity index (χ1) is 7.18. The van der Waals surface area contributed by atoms with Crippen molar-refractivity contribution in [1.29, 1.82) is 0 Å². The minimum absolute atomic E-state index is 0.681. The zero-order valence-corrected chi connectivity index (χ0v) is 11.4. The highest BCUT2D eigenvalue weighted by Crippen LogP contribution is 2.31. The highest BCUT2D eigenvalue weighted by molar-refractivity contribution is 9.10. The fourth-order valence-electron chi connectivity index (χ4n) is 1.15. The predicted molar refractivity (Wildman–Crippen MR) is 65.8 cm³/mol. The lowest BCUT2D eigenvalue weighted by Crippen LogP contribution is -1.98. The van der Waals surface area contributed by atoms with Crippen LogP contribution in [0.5, 0.6) is 0 Å². The summed E-state index contributed by atoms with van der Waals surface area (Å²) in [4.78, 5) is 8.82. The van der Waals surface area contributed by atoms with Crippen molar-refractivity contribution in [3.8, 4) is 0 Å². The second-order valence-electron chi connectivity index (χ2n) is 2.85. The van der Waals surface area contributed by atoms with Gasteiger partial charge in [0.05, 0.1) is 10.4 Å². The van der Waals surface area contributed by atoms with Crippen LogP contribution in [0.4, 0.5) is 0 Å². The fraction of sp³-hybridized carbons (Fsp3) is 0.111. The molecule has 0 amide bonds. The molecule has 2 rings (SSSR count). The Labute approximate surface area is 107 Å². The summed E-state index contributed by atoms with van der Waals surface area (Å²) in [5.41, 5.74) is 2.43. The van der Waals surface area contributed by atoms with Crippen molar-refractivity contribution in [1.82, 2.24) is 9.97 Å². The Morgan fingerprint density at radius 3 is 2.73 bits per heavy atom. The number of rotatable bonds is 2. The molecule has 0 bridgehead atoms. The van der Waals surface area contributed by atoms with E-state index in [1.165, 1.54) is 11.3 Å². The third kappa shape index (κ3) is 2.44. The second-order valence-corrected chi connectivity index (χ2v) is 5.40. The zero-order chi connectivity index (χ0) is 10.8. The van der Waals surface area contributed by atoms with Crippen LogP contribution in [-0.2, 0) is 0 Å². The molecule has 0 aliphatic carbocycles. The van der Waals surface area contributed by atoms with E-state index >= 15 is 0 Å². The lowest BCUT2D eigenvalue weighted by molar-refractivity contribution is 0.222. The monoisotopic (exact) mass is 348 g/mol. The Morgan fingerprint density at radius 1 is 1.33 bits per heavy atom. The predicted octanol–water partition coefficient (Wildman–Crippen LogP) is 3.14. The SMILES string of the molecule is OC(c1cncc(Br)c1)c1scnc1Br. The van der Waals surface area contributed by atoms with Gasteiger partial charge in [0.25, 0.3) is 0 Å². The van der Waals surface area contributed by atoms with E-state index in [0.717, 1.165) is 14.9 Å². The summed E-state index contributed by atoms with van der Waals surface area (Å²) in [6.07, 6.45) is 2.64. The molecule has 0 aliphatic heterocycles. The first-order valence-corrected chi connectivity index (χ1v) is 6.52. The molecular formula is C9H6Br2N2OS. The maximum absolute atomic E-state index is 10.1. The molecular weight excluding hydrogens is 344 g/mol. The number of halogens is 2. The molecule has 6 heteroatoms. The zero-order valence-electron chi connectivity index (χ0n) is 7.39. The topological polar surface area (TPSA) is 46.0 Å². The molecule has 0 aliphatic rings. The van der Waals surface area contributed by atoms with Crippen LogP contribution in [0.25, 0.3) is 0 Å². The average Bonchev–Trinajstić information content (AvgIpc) is 2.63. The summed E-state index contributed by atoms with van der Waals surface area (Å²) in [7, 11) is 0. The number of hydrogen-bond acceptors (Lipinski definition) is 4. The molecule has 1 atom stereocenters. The number of aliphatic hydroxyl groups is 1. The lowest BCUT2D eigenvalue weighted by Gasteiger charge is -2.08. The molecule has 15 heavy (non-hydrogen) atoms. The molecule has 0 aromatic carbocycles. The van der Waals surface area contributed by atoms with Gasteiger partial charge in [-0.05, 0) is 37.9 Å². The Morgan fingerprint density at radius 2 is 2.13 bits per heavy atom. The summed E-state index contributed by atoms with van der Waals surface area (Å²) in [5.74, 6) is 0. The summed E-state index contributed by atoms with van der Waals surface area (Å²) < 4.78 is 1.53. The maximum atomic E-state index is 10.1. The molecule has 1 unspecified atom stereocenters. The van der Waals surface area contributed by atoms with E-state index in [0.29, 0.717) is 4.60 Å². The number of pyridine rings is 1. The molecule has 0 saturated heterocycles. The van der Waals surface area contributed by atoms with Gasteiger partial charge < -0.3 is 5.11 Å². The van der Waals surface area contributed by atoms with Crippen LogP contribution in [0, 0.1) is 0 Å². The van der Waals surface area contributed by atoms with Gasteiger partial charge in [0.15, 0.2) is 0 Å². The van der Waals surface area contributed by atoms with E-state index in [1.54, 1.807) is 17.9 Å². The smallest absolute Gasteiger partial charge is 0.123 e. The maximum Gasteiger partial charge on any atom is 0.123 e. The lowest BCUT2D eigenvalue weighted by atomic mass is 10.1. The van der Waals surface area contributed by atoms with E-state index in [4.69, 9.17) is 0 Å². The molecule has 0 radical (unpaired) electrons. The fourth-order valence-corrected chi connectivity index (χ4v) is 2.95. The summed E-state index contributed by atoms with van der Waals surface area (Å²) in [6, 6.07) is 1.84. The van der Waals surface area contributed by atoms with Gasteiger partial charge in [-0.15, -0.1) is 11.3 Å². The summed E-state index contributed by atoms with van der Waals surface area (Å²) in [5, 5.41) is 10.1. The van der Waals surface area contributed by atoms with Gasteiger partial charge in [0.2, 0.25) is 0 Å². The van der Waals surface area contributed by atoms with Crippen molar-refractivity contribution in [2.24, 2.45) is 0 Å². The second kappa shape index (κ2) is 4.69. The first kappa shape index (κ1) is 11.2. The van der Waals surface area contributed by atoms with Crippen LogP contribution in [0.2, 0.25) is 0 Å². The van der Waals surface area contributed by atoms with Crippen LogP contribution in [0.15, 0.2) is 33.0 Å². The van der Waals surface area contributed by atoms with Crippen LogP contribution in [-0.4, -0.2) is 15.1 Å².